The summed E-state index contributed by atoms with van der Waals surface area (Å²) in [7, 11) is 0. The lowest BCUT2D eigenvalue weighted by Gasteiger charge is -2.23. The molecule has 1 aliphatic carbocycles. The quantitative estimate of drug-likeness (QED) is 0.746. The predicted molar refractivity (Wildman–Crippen MR) is 77.9 cm³/mol. The molecular formula is C15H20N4O. The summed E-state index contributed by atoms with van der Waals surface area (Å²) >= 11 is 0. The molecule has 0 atom stereocenters. The normalized spacial score (nSPS) is 16.4. The summed E-state index contributed by atoms with van der Waals surface area (Å²) < 4.78 is 0. The molecule has 1 amide bonds. The molecule has 1 aromatic heterocycles. The summed E-state index contributed by atoms with van der Waals surface area (Å²) in [5.74, 6) is 0.0124. The number of aromatic nitrogens is 2. The van der Waals surface area contributed by atoms with Gasteiger partial charge < -0.3 is 0 Å². The van der Waals surface area contributed by atoms with Crippen LogP contribution in [0.5, 0.6) is 0 Å². The Balaban J connectivity index is 1.52. The molecule has 1 heterocycles. The molecule has 2 aromatic rings. The average molecular weight is 272 g/mol. The first-order valence-corrected chi connectivity index (χ1v) is 7.27. The van der Waals surface area contributed by atoms with E-state index in [0.29, 0.717) is 12.5 Å². The second kappa shape index (κ2) is 6.05. The van der Waals surface area contributed by atoms with Crippen molar-refractivity contribution in [3.05, 3.63) is 30.0 Å². The third kappa shape index (κ3) is 3.17. The van der Waals surface area contributed by atoms with E-state index in [-0.39, 0.29) is 5.91 Å². The number of carbonyl (C=O) groups excluding carboxylic acids is 1. The van der Waals surface area contributed by atoms with Crippen LogP contribution in [0.1, 0.15) is 37.7 Å². The molecule has 1 aromatic carbocycles. The van der Waals surface area contributed by atoms with Gasteiger partial charge in [-0.3, -0.25) is 15.3 Å². The van der Waals surface area contributed by atoms with Crippen LogP contribution in [-0.2, 0) is 11.2 Å². The fraction of sp³-hybridized carbons (Fsp3) is 0.467. The van der Waals surface area contributed by atoms with Gasteiger partial charge in [-0.15, -0.1) is 0 Å². The van der Waals surface area contributed by atoms with Gasteiger partial charge in [-0.2, -0.15) is 5.10 Å². The zero-order chi connectivity index (χ0) is 13.8. The van der Waals surface area contributed by atoms with Gasteiger partial charge in [0.15, 0.2) is 0 Å². The van der Waals surface area contributed by atoms with Crippen LogP contribution in [0.25, 0.3) is 10.9 Å². The van der Waals surface area contributed by atoms with E-state index in [9.17, 15) is 4.79 Å². The molecule has 0 bridgehead atoms. The average Bonchev–Trinajstić information content (AvgIpc) is 2.94. The van der Waals surface area contributed by atoms with Crippen molar-refractivity contribution in [1.29, 1.82) is 0 Å². The number of amides is 1. The number of benzene rings is 1. The summed E-state index contributed by atoms with van der Waals surface area (Å²) in [6.07, 6.45) is 8.30. The minimum Gasteiger partial charge on any atom is -0.291 e. The van der Waals surface area contributed by atoms with Crippen molar-refractivity contribution in [2.45, 2.75) is 44.6 Å². The highest BCUT2D eigenvalue weighted by Crippen LogP contribution is 2.17. The van der Waals surface area contributed by atoms with Crippen molar-refractivity contribution in [3.8, 4) is 0 Å². The monoisotopic (exact) mass is 272 g/mol. The van der Waals surface area contributed by atoms with Gasteiger partial charge in [0.1, 0.15) is 0 Å². The number of nitrogens with one attached hydrogen (secondary N) is 3. The van der Waals surface area contributed by atoms with Gasteiger partial charge >= 0.3 is 0 Å². The Morgan fingerprint density at radius 1 is 1.30 bits per heavy atom. The van der Waals surface area contributed by atoms with Crippen LogP contribution in [0, 0.1) is 0 Å². The zero-order valence-electron chi connectivity index (χ0n) is 11.5. The van der Waals surface area contributed by atoms with E-state index in [1.807, 2.05) is 18.2 Å². The van der Waals surface area contributed by atoms with Crippen LogP contribution in [0.4, 0.5) is 0 Å². The molecule has 0 unspecified atom stereocenters. The van der Waals surface area contributed by atoms with Crippen LogP contribution >= 0.6 is 0 Å². The molecule has 0 aliphatic heterocycles. The van der Waals surface area contributed by atoms with Crippen molar-refractivity contribution in [1.82, 2.24) is 21.0 Å². The number of hydrogen-bond acceptors (Lipinski definition) is 3. The third-order valence-corrected chi connectivity index (χ3v) is 3.89. The van der Waals surface area contributed by atoms with E-state index in [0.717, 1.165) is 29.3 Å². The number of rotatable bonds is 4. The van der Waals surface area contributed by atoms with Gasteiger partial charge in [0.2, 0.25) is 5.91 Å². The summed E-state index contributed by atoms with van der Waals surface area (Å²) in [6.45, 7) is 0. The number of aromatic amines is 1. The molecule has 5 nitrogen and oxygen atoms in total. The van der Waals surface area contributed by atoms with Gasteiger partial charge in [-0.1, -0.05) is 25.3 Å². The fourth-order valence-corrected chi connectivity index (χ4v) is 2.76. The molecular weight excluding hydrogens is 252 g/mol. The number of hydrazine groups is 1. The fourth-order valence-electron chi connectivity index (χ4n) is 2.76. The van der Waals surface area contributed by atoms with E-state index < -0.39 is 0 Å². The lowest BCUT2D eigenvalue weighted by Crippen LogP contribution is -2.45. The van der Waals surface area contributed by atoms with Gasteiger partial charge in [-0.05, 0) is 30.5 Å². The Hall–Kier alpha value is -1.88. The van der Waals surface area contributed by atoms with Gasteiger partial charge in [-0.25, -0.2) is 5.43 Å². The predicted octanol–water partition coefficient (Wildman–Crippen LogP) is 2.06. The molecule has 1 saturated carbocycles. The molecule has 1 fully saturated rings. The van der Waals surface area contributed by atoms with Crippen molar-refractivity contribution < 1.29 is 4.79 Å². The minimum absolute atomic E-state index is 0.0124. The van der Waals surface area contributed by atoms with E-state index in [4.69, 9.17) is 0 Å². The molecule has 5 heteroatoms. The van der Waals surface area contributed by atoms with Crippen LogP contribution < -0.4 is 10.9 Å². The standard InChI is InChI=1S/C15H20N4O/c20-15(19-17-13-4-2-1-3-5-13)9-11-6-7-14-12(8-11)10-16-18-14/h6-8,10,13,17H,1-5,9H2,(H,16,18)(H,19,20). The summed E-state index contributed by atoms with van der Waals surface area (Å²) in [4.78, 5) is 11.9. The Labute approximate surface area is 118 Å². The minimum atomic E-state index is 0.0124. The molecule has 0 radical (unpaired) electrons. The topological polar surface area (TPSA) is 69.8 Å². The second-order valence-electron chi connectivity index (χ2n) is 5.50. The molecule has 106 valence electrons. The Morgan fingerprint density at radius 2 is 2.15 bits per heavy atom. The number of hydrogen-bond donors (Lipinski definition) is 3. The Kier molecular flexibility index (Phi) is 3.97. The molecule has 1 aliphatic rings. The van der Waals surface area contributed by atoms with Crippen molar-refractivity contribution >= 4 is 16.8 Å². The summed E-state index contributed by atoms with van der Waals surface area (Å²) in [6, 6.07) is 6.35. The summed E-state index contributed by atoms with van der Waals surface area (Å²) in [5, 5.41) is 7.92. The first-order valence-electron chi connectivity index (χ1n) is 7.27. The maximum absolute atomic E-state index is 11.9. The SMILES string of the molecule is O=C(Cc1ccc2[nH]ncc2c1)NNC1CCCCC1. The van der Waals surface area contributed by atoms with Crippen LogP contribution in [0.3, 0.4) is 0 Å². The molecule has 20 heavy (non-hydrogen) atoms. The van der Waals surface area contributed by atoms with E-state index in [1.54, 1.807) is 6.20 Å². The Bertz CT molecular complexity index is 586. The zero-order valence-corrected chi connectivity index (χ0v) is 11.5. The van der Waals surface area contributed by atoms with Gasteiger partial charge in [0, 0.05) is 11.4 Å². The lowest BCUT2D eigenvalue weighted by molar-refractivity contribution is -0.121. The van der Waals surface area contributed by atoms with Crippen LogP contribution in [0.15, 0.2) is 24.4 Å². The number of H-pyrrole nitrogens is 1. The maximum atomic E-state index is 11.9. The highest BCUT2D eigenvalue weighted by molar-refractivity contribution is 5.82. The van der Waals surface area contributed by atoms with Gasteiger partial charge in [0.25, 0.3) is 0 Å². The highest BCUT2D eigenvalue weighted by Gasteiger charge is 2.13. The van der Waals surface area contributed by atoms with E-state index in [1.165, 1.54) is 19.3 Å². The van der Waals surface area contributed by atoms with E-state index in [2.05, 4.69) is 21.0 Å². The largest absolute Gasteiger partial charge is 0.291 e. The third-order valence-electron chi connectivity index (χ3n) is 3.89. The van der Waals surface area contributed by atoms with Crippen molar-refractivity contribution in [2.24, 2.45) is 0 Å². The summed E-state index contributed by atoms with van der Waals surface area (Å²) in [5.41, 5.74) is 7.98. The van der Waals surface area contributed by atoms with E-state index >= 15 is 0 Å². The second-order valence-corrected chi connectivity index (χ2v) is 5.50. The molecule has 0 spiro atoms. The maximum Gasteiger partial charge on any atom is 0.238 e. The van der Waals surface area contributed by atoms with Gasteiger partial charge in [0.05, 0.1) is 18.1 Å². The number of carbonyl (C=O) groups is 1. The van der Waals surface area contributed by atoms with Crippen molar-refractivity contribution in [2.75, 3.05) is 0 Å². The first-order chi connectivity index (χ1) is 9.81. The Morgan fingerprint density at radius 3 is 3.00 bits per heavy atom. The number of fused-ring (bicyclic) bond motifs is 1. The molecule has 3 rings (SSSR count). The lowest BCUT2D eigenvalue weighted by atomic mass is 9.96. The molecule has 3 N–H and O–H groups in total. The van der Waals surface area contributed by atoms with Crippen LogP contribution in [0.2, 0.25) is 0 Å². The highest BCUT2D eigenvalue weighted by atomic mass is 16.2. The first kappa shape index (κ1) is 13.1. The van der Waals surface area contributed by atoms with Crippen molar-refractivity contribution in [3.63, 3.8) is 0 Å². The molecule has 0 saturated heterocycles. The smallest absolute Gasteiger partial charge is 0.238 e. The van der Waals surface area contributed by atoms with Crippen LogP contribution in [-0.4, -0.2) is 22.1 Å². The number of nitrogens with zero attached hydrogens (tertiary/aromatic N) is 1.